The van der Waals surface area contributed by atoms with Gasteiger partial charge in [0.2, 0.25) is 34.4 Å². The number of aliphatic hydroxyl groups is 3. The van der Waals surface area contributed by atoms with E-state index in [1.165, 1.54) is 44.1 Å². The number of hydrogen-bond donors (Lipinski definition) is 8. The summed E-state index contributed by atoms with van der Waals surface area (Å²) in [6.07, 6.45) is 20.9. The van der Waals surface area contributed by atoms with E-state index in [2.05, 4.69) is 65.9 Å². The summed E-state index contributed by atoms with van der Waals surface area (Å²) in [5.41, 5.74) is 5.20. The van der Waals surface area contributed by atoms with Crippen LogP contribution in [0.5, 0.6) is 51.7 Å². The Hall–Kier alpha value is -9.65. The Balaban J connectivity index is 0.000000190. The molecule has 0 radical (unpaired) electrons. The van der Waals surface area contributed by atoms with Crippen molar-refractivity contribution >= 4 is 118 Å². The Morgan fingerprint density at radius 2 is 0.860 bits per heavy atom. The number of aromatic amines is 1. The first-order chi connectivity index (χ1) is 61.5. The third kappa shape index (κ3) is 22.8. The predicted octanol–water partition coefficient (Wildman–Crippen LogP) is 3.64. The number of aliphatic hydroxyl groups excluding tert-OH is 3. The molecule has 3 aliphatic rings. The molecule has 9 aromatic heterocycles. The number of hydrogen-bond acceptors (Lipinski definition) is 34. The number of H-pyrrole nitrogens is 1. The summed E-state index contributed by atoms with van der Waals surface area (Å²) in [7, 11) is 6.11. The number of nitrogens with one attached hydrogen (secondary N) is 5. The zero-order valence-electron chi connectivity index (χ0n) is 74.0. The van der Waals surface area contributed by atoms with Gasteiger partial charge < -0.3 is 119 Å². The molecule has 3 saturated heterocycles. The van der Waals surface area contributed by atoms with E-state index >= 15 is 0 Å². The molecule has 129 heavy (non-hydrogen) atoms. The number of nitrogens with zero attached hydrogens (tertiary/aromatic N) is 16. The fourth-order valence-electron chi connectivity index (χ4n) is 14.5. The monoisotopic (exact) mass is 2070 g/mol. The van der Waals surface area contributed by atoms with Crippen LogP contribution in [0.15, 0.2) is 169 Å². The number of ether oxygens (including phenoxy) is 9. The minimum Gasteiger partial charge on any atom is -1.00 e. The first-order valence-corrected chi connectivity index (χ1v) is 42.9. The van der Waals surface area contributed by atoms with Crippen molar-refractivity contribution in [3.05, 3.63) is 176 Å². The molecule has 14 aromatic rings. The largest absolute Gasteiger partial charge is 1.00 e. The molecular formula is C84H96ClCs2N21O19S2. The summed E-state index contributed by atoms with van der Waals surface area (Å²) in [5, 5.41) is 51.2. The maximum Gasteiger partial charge on any atom is 1.00 e. The van der Waals surface area contributed by atoms with E-state index in [-0.39, 0.29) is 197 Å². The van der Waals surface area contributed by atoms with Crippen molar-refractivity contribution < 1.29 is 229 Å². The number of methoxy groups -OCH3 is 9. The van der Waals surface area contributed by atoms with Crippen LogP contribution < -0.4 is 217 Å². The number of aryl methyl sites for hydroxylation is 2. The average Bonchev–Trinajstić information content (AvgIpc) is 1.58. The van der Waals surface area contributed by atoms with Gasteiger partial charge in [-0.05, 0) is 113 Å². The van der Waals surface area contributed by atoms with Crippen LogP contribution in [0.2, 0.25) is 5.28 Å². The SMILES string of the molecule is COc1cc(-n2cnc(Nc3nc(Cl)nc4c3ccn4S(=O)(=O)c3ccc(C)cc3)c2)cc(OC)c1OC.COc1cc(-n2cnc(Nc3nc(N4CCC[C@@H]4CO)nc4[nH]ccc34)c2)cc(OC)c1OC.COc1cc(-n2cnc(Nc3nc(N4CCC[C@@H]4CO)nc4c3ccn4S(=O)(=O)c3ccc(C)cc3)c2)cc(OC)c1OC.O=CO[O-].OC[C@H]1CCCN1.[Cs+].[Cs+].[H-]. The molecule has 8 N–H and O–H groups in total. The number of aromatic nitrogens is 15. The Morgan fingerprint density at radius 3 is 1.20 bits per heavy atom. The molecule has 0 bridgehead atoms. The molecule has 3 aliphatic heterocycles. The molecule has 0 unspecified atom stereocenters. The van der Waals surface area contributed by atoms with E-state index in [9.17, 15) is 27.0 Å². The summed E-state index contributed by atoms with van der Waals surface area (Å²) in [5.74, 6) is 8.27. The van der Waals surface area contributed by atoms with E-state index < -0.39 is 20.0 Å². The van der Waals surface area contributed by atoms with Crippen LogP contribution in [-0.4, -0.2) is 232 Å². The van der Waals surface area contributed by atoms with Crippen LogP contribution >= 0.6 is 11.6 Å². The fourth-order valence-corrected chi connectivity index (χ4v) is 17.3. The van der Waals surface area contributed by atoms with Crippen molar-refractivity contribution in [2.24, 2.45) is 0 Å². The standard InChI is InChI=1S/C30H33N7O6S.C25H23ClN6O5S.C23H27N7O4.C5H11NO.CH2O3.2Cs.H/c1-19-7-9-22(10-8-19)44(39,40)37-13-11-23-28(33-30(34-29(23)37)36-12-5-6-20(36)17-38)32-26-16-35(18-31-26)21-14-24(41-2)27(43-4)25(15-21)42-3;1-15-5-7-17(8-6-15)38(33,34)32-10-9-18-23(29-25(26)30-24(18)32)28-21-13-31(14-27-21)16-11-19(35-2)22(37-4)20(12-16)36-3;1-32-17-9-15(10-18(33-2)20(17)34-3)29-11-19(25-13-29)26-22-16-6-7-24-21(16)27-23(28-22)30-8-4-5-14(30)12-31;7-4-5-2-1-3-6-5;2-1-4-3;;;/h7-11,13-16,18,20,38H,5-6,12,17H2,1-4H3,(H,32,33,34);5-14H,1-4H3,(H,28,29,30);6-7,9-11,13-14,31H,4-5,8,12H2,1-3H3,(H2,24,26,27,28);5-7H,1-4H2;1,3H;;;/q;;;;;2*+1;-1/p-1/t20-;;14-;5-;;;;/m1.11..../s1. The second kappa shape index (κ2) is 45.9. The van der Waals surface area contributed by atoms with Gasteiger partial charge >= 0.3 is 138 Å². The number of rotatable bonds is 28. The second-order valence-electron chi connectivity index (χ2n) is 28.7. The summed E-state index contributed by atoms with van der Waals surface area (Å²) in [6.45, 7) is 6.46. The van der Waals surface area contributed by atoms with Crippen LogP contribution in [-0.2, 0) is 29.7 Å². The van der Waals surface area contributed by atoms with Gasteiger partial charge in [0.15, 0.2) is 45.8 Å². The average molecular weight is 2070 g/mol. The Bertz CT molecular complexity index is 6330. The molecule has 3 fully saturated rings. The van der Waals surface area contributed by atoms with Gasteiger partial charge in [-0.1, -0.05) is 35.4 Å². The van der Waals surface area contributed by atoms with Crippen molar-refractivity contribution in [1.82, 2.24) is 76.8 Å². The van der Waals surface area contributed by atoms with Gasteiger partial charge in [-0.15, -0.1) is 0 Å². The molecule has 672 valence electrons. The number of imidazole rings is 3. The first-order valence-electron chi connectivity index (χ1n) is 39.6. The minimum absolute atomic E-state index is 0. The molecule has 45 heteroatoms. The first kappa shape index (κ1) is 99.9. The number of carbonyl (C=O) groups excluding carboxylic acids is 1. The number of fused-ring (bicyclic) bond motifs is 3. The van der Waals surface area contributed by atoms with Crippen LogP contribution in [0, 0.1) is 13.8 Å². The molecule has 0 amide bonds. The van der Waals surface area contributed by atoms with Crippen molar-refractivity contribution in [1.29, 1.82) is 0 Å². The summed E-state index contributed by atoms with van der Waals surface area (Å²) >= 11 is 6.20. The molecule has 0 spiro atoms. The maximum absolute atomic E-state index is 13.7. The van der Waals surface area contributed by atoms with E-state index in [4.69, 9.17) is 84.3 Å². The van der Waals surface area contributed by atoms with Crippen molar-refractivity contribution in [2.45, 2.75) is 80.3 Å². The van der Waals surface area contributed by atoms with Crippen LogP contribution in [0.3, 0.4) is 0 Å². The van der Waals surface area contributed by atoms with Gasteiger partial charge in [0, 0.05) is 74.1 Å². The van der Waals surface area contributed by atoms with Gasteiger partial charge in [-0.25, -0.2) is 39.7 Å². The summed E-state index contributed by atoms with van der Waals surface area (Å²) in [6, 6.07) is 29.5. The molecule has 17 rings (SSSR count). The molecular weight excluding hydrogens is 1970 g/mol. The fraction of sp³-hybridized carbons (Fsp3) is 0.310. The third-order valence-corrected chi connectivity index (χ3v) is 24.5. The normalized spacial score (nSPS) is 14.5. The zero-order chi connectivity index (χ0) is 90.2. The molecule has 3 atom stereocenters. The smallest absolute Gasteiger partial charge is 1.00 e. The van der Waals surface area contributed by atoms with Gasteiger partial charge in [0.1, 0.15) is 59.5 Å². The van der Waals surface area contributed by atoms with Gasteiger partial charge in [0.25, 0.3) is 26.5 Å². The Kier molecular flexibility index (Phi) is 35.6. The number of carbonyl (C=O) groups is 1. The third-order valence-electron chi connectivity index (χ3n) is 21.0. The topological polar surface area (TPSA) is 472 Å². The molecule has 5 aromatic carbocycles. The Morgan fingerprint density at radius 1 is 0.488 bits per heavy atom. The van der Waals surface area contributed by atoms with Crippen LogP contribution in [0.1, 0.15) is 51.1 Å². The quantitative estimate of drug-likeness (QED) is 0.0150. The predicted molar refractivity (Wildman–Crippen MR) is 472 cm³/mol. The van der Waals surface area contributed by atoms with Crippen molar-refractivity contribution in [3.63, 3.8) is 0 Å². The van der Waals surface area contributed by atoms with Gasteiger partial charge in [-0.2, -0.15) is 29.9 Å². The van der Waals surface area contributed by atoms with Crippen molar-refractivity contribution in [3.8, 4) is 68.8 Å². The number of benzene rings is 5. The van der Waals surface area contributed by atoms with Crippen LogP contribution in [0.25, 0.3) is 50.2 Å². The van der Waals surface area contributed by atoms with E-state index in [1.807, 2.05) is 53.9 Å². The van der Waals surface area contributed by atoms with Crippen LogP contribution in [0.4, 0.5) is 46.8 Å². The second-order valence-corrected chi connectivity index (χ2v) is 32.7. The molecule has 0 saturated carbocycles. The molecule has 40 nitrogen and oxygen atoms in total. The minimum atomic E-state index is -3.96. The Labute approximate surface area is 866 Å². The maximum atomic E-state index is 13.7. The number of anilines is 8. The molecule has 0 aliphatic carbocycles. The van der Waals surface area contributed by atoms with Gasteiger partial charge in [0.05, 0.1) is 157 Å². The summed E-state index contributed by atoms with van der Waals surface area (Å²) < 4.78 is 111. The molecule has 12 heterocycles. The zero-order valence-corrected chi connectivity index (χ0v) is 88.0. The summed E-state index contributed by atoms with van der Waals surface area (Å²) in [4.78, 5) is 59.5. The van der Waals surface area contributed by atoms with E-state index in [1.54, 1.807) is 168 Å². The number of halogens is 1. The van der Waals surface area contributed by atoms with E-state index in [0.717, 1.165) is 77.0 Å². The van der Waals surface area contributed by atoms with Gasteiger partial charge in [-0.3, -0.25) is 4.79 Å². The van der Waals surface area contributed by atoms with E-state index in [0.29, 0.717) is 140 Å². The van der Waals surface area contributed by atoms with Crippen molar-refractivity contribution in [2.75, 3.05) is 129 Å².